The molecule has 2 aromatic rings. The minimum Gasteiger partial charge on any atom is -0.375 e. The summed E-state index contributed by atoms with van der Waals surface area (Å²) in [7, 11) is 0. The molecule has 0 bridgehead atoms. The second kappa shape index (κ2) is 8.73. The molecule has 0 fully saturated rings. The molecule has 4 nitrogen and oxygen atoms in total. The number of halogens is 1. The molecule has 2 rings (SSSR count). The third-order valence-electron chi connectivity index (χ3n) is 3.84. The van der Waals surface area contributed by atoms with Gasteiger partial charge in [-0.25, -0.2) is 0 Å². The molecule has 0 saturated heterocycles. The molecule has 2 aromatic carbocycles. The normalized spacial score (nSPS) is 10.3. The van der Waals surface area contributed by atoms with Crippen molar-refractivity contribution in [2.24, 2.45) is 0 Å². The summed E-state index contributed by atoms with van der Waals surface area (Å²) >= 11 is 3.50. The van der Waals surface area contributed by atoms with Gasteiger partial charge in [-0.15, -0.1) is 0 Å². The minimum absolute atomic E-state index is 0.0712. The first-order chi connectivity index (χ1) is 11.5. The molecular formula is C19H24BrN3O. The fourth-order valence-corrected chi connectivity index (χ4v) is 3.12. The van der Waals surface area contributed by atoms with Crippen molar-refractivity contribution in [1.29, 1.82) is 0 Å². The molecule has 0 unspecified atom stereocenters. The zero-order valence-corrected chi connectivity index (χ0v) is 16.0. The van der Waals surface area contributed by atoms with Crippen LogP contribution in [0.2, 0.25) is 0 Å². The van der Waals surface area contributed by atoms with Crippen LogP contribution in [0.15, 0.2) is 46.9 Å². The Morgan fingerprint density at radius 1 is 1.08 bits per heavy atom. The number of hydrogen-bond acceptors (Lipinski definition) is 3. The van der Waals surface area contributed by atoms with Gasteiger partial charge in [0.1, 0.15) is 0 Å². The molecular weight excluding hydrogens is 366 g/mol. The van der Waals surface area contributed by atoms with Gasteiger partial charge in [-0.05, 0) is 78.7 Å². The third kappa shape index (κ3) is 4.99. The van der Waals surface area contributed by atoms with Gasteiger partial charge in [0, 0.05) is 34.6 Å². The molecule has 0 spiro atoms. The summed E-state index contributed by atoms with van der Waals surface area (Å²) in [6.45, 7) is 8.46. The highest BCUT2D eigenvalue weighted by molar-refractivity contribution is 9.10. The van der Waals surface area contributed by atoms with Crippen molar-refractivity contribution in [2.75, 3.05) is 35.2 Å². The molecule has 1 amide bonds. The van der Waals surface area contributed by atoms with Crippen LogP contribution in [0.25, 0.3) is 0 Å². The predicted molar refractivity (Wildman–Crippen MR) is 106 cm³/mol. The maximum Gasteiger partial charge on any atom is 0.243 e. The number of nitrogens with zero attached hydrogens (tertiary/aromatic N) is 1. The first-order valence-electron chi connectivity index (χ1n) is 8.18. The molecule has 0 radical (unpaired) electrons. The van der Waals surface area contributed by atoms with Crippen molar-refractivity contribution in [3.63, 3.8) is 0 Å². The largest absolute Gasteiger partial charge is 0.375 e. The number of carbonyl (C=O) groups excluding carboxylic acids is 1. The van der Waals surface area contributed by atoms with E-state index in [2.05, 4.69) is 45.3 Å². The van der Waals surface area contributed by atoms with E-state index in [9.17, 15) is 4.79 Å². The maximum atomic E-state index is 12.1. The average Bonchev–Trinajstić information content (AvgIpc) is 2.56. The van der Waals surface area contributed by atoms with Gasteiger partial charge in [-0.3, -0.25) is 4.79 Å². The smallest absolute Gasteiger partial charge is 0.243 e. The Morgan fingerprint density at radius 2 is 1.75 bits per heavy atom. The fraction of sp³-hybridized carbons (Fsp3) is 0.316. The van der Waals surface area contributed by atoms with Crippen molar-refractivity contribution in [3.05, 3.63) is 52.5 Å². The van der Waals surface area contributed by atoms with Gasteiger partial charge < -0.3 is 15.5 Å². The maximum absolute atomic E-state index is 12.1. The van der Waals surface area contributed by atoms with Crippen molar-refractivity contribution < 1.29 is 4.79 Å². The molecule has 0 aliphatic heterocycles. The highest BCUT2D eigenvalue weighted by atomic mass is 79.9. The number of benzene rings is 2. The quantitative estimate of drug-likeness (QED) is 0.723. The highest BCUT2D eigenvalue weighted by Crippen LogP contribution is 2.23. The molecule has 5 heteroatoms. The van der Waals surface area contributed by atoms with Crippen LogP contribution < -0.4 is 15.5 Å². The van der Waals surface area contributed by atoms with Crippen molar-refractivity contribution >= 4 is 38.9 Å². The van der Waals surface area contributed by atoms with Gasteiger partial charge in [-0.1, -0.05) is 6.07 Å². The SMILES string of the molecule is CCN(CC)c1ccc(NC(=O)CNc2ccc(C)cc2Br)cc1. The summed E-state index contributed by atoms with van der Waals surface area (Å²) in [6.07, 6.45) is 0. The number of anilines is 3. The molecule has 0 aliphatic rings. The first-order valence-corrected chi connectivity index (χ1v) is 8.97. The van der Waals surface area contributed by atoms with Crippen LogP contribution in [0.3, 0.4) is 0 Å². The van der Waals surface area contributed by atoms with Crippen LogP contribution in [0.5, 0.6) is 0 Å². The van der Waals surface area contributed by atoms with E-state index < -0.39 is 0 Å². The number of rotatable bonds is 7. The highest BCUT2D eigenvalue weighted by Gasteiger charge is 2.06. The number of carbonyl (C=O) groups is 1. The Bertz CT molecular complexity index is 682. The van der Waals surface area contributed by atoms with E-state index in [0.717, 1.165) is 28.9 Å². The molecule has 0 saturated carbocycles. The minimum atomic E-state index is -0.0712. The summed E-state index contributed by atoms with van der Waals surface area (Å²) in [6, 6.07) is 13.9. The molecule has 0 aliphatic carbocycles. The van der Waals surface area contributed by atoms with Crippen LogP contribution >= 0.6 is 15.9 Å². The Kier molecular flexibility index (Phi) is 6.67. The first kappa shape index (κ1) is 18.3. The Balaban J connectivity index is 1.90. The van der Waals surface area contributed by atoms with Crippen molar-refractivity contribution in [3.8, 4) is 0 Å². The Morgan fingerprint density at radius 3 is 2.33 bits per heavy atom. The summed E-state index contributed by atoms with van der Waals surface area (Å²) in [5.41, 5.74) is 4.05. The Hall–Kier alpha value is -2.01. The number of nitrogens with one attached hydrogen (secondary N) is 2. The van der Waals surface area contributed by atoms with E-state index in [1.165, 1.54) is 11.3 Å². The molecule has 24 heavy (non-hydrogen) atoms. The van der Waals surface area contributed by atoms with Crippen LogP contribution in [0.1, 0.15) is 19.4 Å². The lowest BCUT2D eigenvalue weighted by Gasteiger charge is -2.21. The number of hydrogen-bond donors (Lipinski definition) is 2. The van der Waals surface area contributed by atoms with Gasteiger partial charge in [-0.2, -0.15) is 0 Å². The van der Waals surface area contributed by atoms with Crippen LogP contribution in [-0.4, -0.2) is 25.5 Å². The third-order valence-corrected chi connectivity index (χ3v) is 4.50. The van der Waals surface area contributed by atoms with E-state index in [4.69, 9.17) is 0 Å². The average molecular weight is 390 g/mol. The number of aryl methyl sites for hydroxylation is 1. The van der Waals surface area contributed by atoms with E-state index >= 15 is 0 Å². The standard InChI is InChI=1S/C19H24BrN3O/c1-4-23(5-2)16-9-7-15(8-10-16)22-19(24)13-21-18-11-6-14(3)12-17(18)20/h6-12,21H,4-5,13H2,1-3H3,(H,22,24). The van der Waals surface area contributed by atoms with Gasteiger partial charge in [0.05, 0.1) is 6.54 Å². The zero-order chi connectivity index (χ0) is 17.5. The van der Waals surface area contributed by atoms with Gasteiger partial charge >= 0.3 is 0 Å². The summed E-state index contributed by atoms with van der Waals surface area (Å²) < 4.78 is 0.957. The molecule has 0 aromatic heterocycles. The van der Waals surface area contributed by atoms with Crippen molar-refractivity contribution in [2.45, 2.75) is 20.8 Å². The predicted octanol–water partition coefficient (Wildman–Crippen LogP) is 4.65. The zero-order valence-electron chi connectivity index (χ0n) is 14.4. The summed E-state index contributed by atoms with van der Waals surface area (Å²) in [5.74, 6) is -0.0712. The van der Waals surface area contributed by atoms with Crippen molar-refractivity contribution in [1.82, 2.24) is 0 Å². The second-order valence-electron chi connectivity index (χ2n) is 5.60. The molecule has 0 atom stereocenters. The van der Waals surface area contributed by atoms with E-state index in [1.54, 1.807) is 0 Å². The molecule has 2 N–H and O–H groups in total. The lowest BCUT2D eigenvalue weighted by atomic mass is 10.2. The van der Waals surface area contributed by atoms with E-state index in [-0.39, 0.29) is 12.5 Å². The lowest BCUT2D eigenvalue weighted by molar-refractivity contribution is -0.114. The van der Waals surface area contributed by atoms with Gasteiger partial charge in [0.25, 0.3) is 0 Å². The van der Waals surface area contributed by atoms with Crippen LogP contribution in [0.4, 0.5) is 17.1 Å². The van der Waals surface area contributed by atoms with Gasteiger partial charge in [0.2, 0.25) is 5.91 Å². The Labute approximate surface area is 152 Å². The fourth-order valence-electron chi connectivity index (χ4n) is 2.49. The van der Waals surface area contributed by atoms with Crippen LogP contribution in [0, 0.1) is 6.92 Å². The van der Waals surface area contributed by atoms with E-state index in [0.29, 0.717) is 0 Å². The van der Waals surface area contributed by atoms with Crippen LogP contribution in [-0.2, 0) is 4.79 Å². The summed E-state index contributed by atoms with van der Waals surface area (Å²) in [5, 5.41) is 6.05. The van der Waals surface area contributed by atoms with E-state index in [1.807, 2.05) is 49.4 Å². The summed E-state index contributed by atoms with van der Waals surface area (Å²) in [4.78, 5) is 14.4. The van der Waals surface area contributed by atoms with Gasteiger partial charge in [0.15, 0.2) is 0 Å². The molecule has 128 valence electrons. The monoisotopic (exact) mass is 389 g/mol. The second-order valence-corrected chi connectivity index (χ2v) is 6.46. The topological polar surface area (TPSA) is 44.4 Å². The lowest BCUT2D eigenvalue weighted by Crippen LogP contribution is -2.23. The number of amides is 1. The molecule has 0 heterocycles.